The van der Waals surface area contributed by atoms with Gasteiger partial charge in [-0.05, 0) is 23.6 Å². The zero-order valence-corrected chi connectivity index (χ0v) is 10.7. The highest BCUT2D eigenvalue weighted by atomic mass is 16.5. The zero-order valence-electron chi connectivity index (χ0n) is 10.7. The molecule has 0 bridgehead atoms. The van der Waals surface area contributed by atoms with E-state index in [4.69, 9.17) is 9.84 Å². The second-order valence-corrected chi connectivity index (χ2v) is 5.33. The van der Waals surface area contributed by atoms with Gasteiger partial charge in [-0.25, -0.2) is 0 Å². The summed E-state index contributed by atoms with van der Waals surface area (Å²) >= 11 is 0. The van der Waals surface area contributed by atoms with Gasteiger partial charge in [0.05, 0.1) is 13.2 Å². The van der Waals surface area contributed by atoms with Crippen molar-refractivity contribution in [3.63, 3.8) is 0 Å². The van der Waals surface area contributed by atoms with Crippen molar-refractivity contribution in [2.75, 3.05) is 13.2 Å². The lowest BCUT2D eigenvalue weighted by Crippen LogP contribution is -2.25. The average Bonchev–Trinajstić information content (AvgIpc) is 2.27. The fourth-order valence-corrected chi connectivity index (χ4v) is 1.27. The first-order valence-corrected chi connectivity index (χ1v) is 5.78. The van der Waals surface area contributed by atoms with Gasteiger partial charge in [0.1, 0.15) is 5.75 Å². The number of benzene rings is 1. The van der Waals surface area contributed by atoms with Crippen LogP contribution in [-0.4, -0.2) is 18.3 Å². The summed E-state index contributed by atoms with van der Waals surface area (Å²) in [7, 11) is 0. The van der Waals surface area contributed by atoms with Crippen LogP contribution in [0.2, 0.25) is 0 Å². The van der Waals surface area contributed by atoms with Crippen molar-refractivity contribution >= 4 is 0 Å². The lowest BCUT2D eigenvalue weighted by Gasteiger charge is -2.21. The molecule has 1 N–H and O–H groups in total. The predicted molar refractivity (Wildman–Crippen MR) is 66.9 cm³/mol. The minimum absolute atomic E-state index is 0.136. The summed E-state index contributed by atoms with van der Waals surface area (Å²) in [5.41, 5.74) is 1.13. The molecule has 1 rings (SSSR count). The van der Waals surface area contributed by atoms with Crippen LogP contribution in [0.3, 0.4) is 0 Å². The molecule has 16 heavy (non-hydrogen) atoms. The van der Waals surface area contributed by atoms with Crippen LogP contribution >= 0.6 is 0 Å². The van der Waals surface area contributed by atoms with Gasteiger partial charge in [0, 0.05) is 5.41 Å². The first-order chi connectivity index (χ1) is 7.44. The van der Waals surface area contributed by atoms with Crippen LogP contribution in [0.15, 0.2) is 24.3 Å². The molecule has 1 aromatic rings. The maximum absolute atomic E-state index is 9.11. The molecule has 0 aliphatic heterocycles. The van der Waals surface area contributed by atoms with Crippen LogP contribution in [0, 0.1) is 5.41 Å². The van der Waals surface area contributed by atoms with Gasteiger partial charge >= 0.3 is 0 Å². The molecule has 0 aliphatic rings. The van der Waals surface area contributed by atoms with E-state index in [0.717, 1.165) is 5.75 Å². The highest BCUT2D eigenvalue weighted by Crippen LogP contribution is 2.21. The Morgan fingerprint density at radius 2 is 1.75 bits per heavy atom. The summed E-state index contributed by atoms with van der Waals surface area (Å²) in [4.78, 5) is 0. The smallest absolute Gasteiger partial charge is 0.119 e. The summed E-state index contributed by atoms with van der Waals surface area (Å²) in [5, 5.41) is 9.11. The Bertz CT molecular complexity index is 312. The molecule has 1 aromatic carbocycles. The Morgan fingerprint density at radius 1 is 1.19 bits per heavy atom. The summed E-state index contributed by atoms with van der Waals surface area (Å²) in [6, 6.07) is 8.16. The Hall–Kier alpha value is -1.02. The van der Waals surface area contributed by atoms with Gasteiger partial charge < -0.3 is 9.84 Å². The van der Waals surface area contributed by atoms with Crippen LogP contribution < -0.4 is 4.74 Å². The standard InChI is InChI=1S/C14H22O2/c1-11(2)12-5-7-13(8-6-12)16-10-14(3,4)9-15/h5-8,11,15H,9-10H2,1-4H3. The summed E-state index contributed by atoms with van der Waals surface area (Å²) in [6.45, 7) is 8.97. The van der Waals surface area contributed by atoms with Crippen molar-refractivity contribution in [1.82, 2.24) is 0 Å². The van der Waals surface area contributed by atoms with Crippen LogP contribution in [-0.2, 0) is 0 Å². The summed E-state index contributed by atoms with van der Waals surface area (Å²) in [6.07, 6.45) is 0. The molecule has 0 radical (unpaired) electrons. The molecule has 0 aromatic heterocycles. The number of ether oxygens (including phenoxy) is 1. The molecule has 2 heteroatoms. The number of aliphatic hydroxyl groups excluding tert-OH is 1. The maximum atomic E-state index is 9.11. The molecule has 0 heterocycles. The molecule has 90 valence electrons. The van der Waals surface area contributed by atoms with E-state index in [0.29, 0.717) is 12.5 Å². The van der Waals surface area contributed by atoms with Gasteiger partial charge in [0.2, 0.25) is 0 Å². The Morgan fingerprint density at radius 3 is 2.19 bits per heavy atom. The highest BCUT2D eigenvalue weighted by Gasteiger charge is 2.17. The first-order valence-electron chi connectivity index (χ1n) is 5.78. The largest absolute Gasteiger partial charge is 0.493 e. The Kier molecular flexibility index (Phi) is 4.36. The van der Waals surface area contributed by atoms with Gasteiger partial charge in [-0.1, -0.05) is 39.8 Å². The molecule has 0 aliphatic carbocycles. The van der Waals surface area contributed by atoms with Gasteiger partial charge in [0.25, 0.3) is 0 Å². The summed E-state index contributed by atoms with van der Waals surface area (Å²) in [5.74, 6) is 1.41. The molecule has 0 spiro atoms. The second kappa shape index (κ2) is 5.35. The van der Waals surface area contributed by atoms with Crippen LogP contribution in [0.4, 0.5) is 0 Å². The van der Waals surface area contributed by atoms with E-state index in [1.165, 1.54) is 5.56 Å². The van der Waals surface area contributed by atoms with Crippen molar-refractivity contribution in [2.45, 2.75) is 33.6 Å². The van der Waals surface area contributed by atoms with E-state index in [-0.39, 0.29) is 12.0 Å². The molecule has 0 unspecified atom stereocenters. The minimum Gasteiger partial charge on any atom is -0.493 e. The zero-order chi connectivity index (χ0) is 12.2. The van der Waals surface area contributed by atoms with Crippen molar-refractivity contribution < 1.29 is 9.84 Å². The molecular weight excluding hydrogens is 200 g/mol. The van der Waals surface area contributed by atoms with Gasteiger partial charge in [0.15, 0.2) is 0 Å². The van der Waals surface area contributed by atoms with E-state index in [9.17, 15) is 0 Å². The van der Waals surface area contributed by atoms with Crippen LogP contribution in [0.25, 0.3) is 0 Å². The Balaban J connectivity index is 2.56. The molecule has 2 nitrogen and oxygen atoms in total. The molecule has 0 amide bonds. The minimum atomic E-state index is -0.184. The topological polar surface area (TPSA) is 29.5 Å². The summed E-state index contributed by atoms with van der Waals surface area (Å²) < 4.78 is 5.64. The van der Waals surface area contributed by atoms with E-state index in [2.05, 4.69) is 26.0 Å². The van der Waals surface area contributed by atoms with E-state index < -0.39 is 0 Å². The van der Waals surface area contributed by atoms with Crippen LogP contribution in [0.1, 0.15) is 39.2 Å². The highest BCUT2D eigenvalue weighted by molar-refractivity contribution is 5.28. The van der Waals surface area contributed by atoms with Gasteiger partial charge in [-0.2, -0.15) is 0 Å². The van der Waals surface area contributed by atoms with Crippen molar-refractivity contribution in [1.29, 1.82) is 0 Å². The predicted octanol–water partition coefficient (Wildman–Crippen LogP) is 3.21. The SMILES string of the molecule is CC(C)c1ccc(OCC(C)(C)CO)cc1. The molecular formula is C14H22O2. The maximum Gasteiger partial charge on any atom is 0.119 e. The Labute approximate surface area is 98.3 Å². The monoisotopic (exact) mass is 222 g/mol. The third-order valence-corrected chi connectivity index (χ3v) is 2.60. The number of aliphatic hydroxyl groups is 1. The molecule has 0 saturated heterocycles. The quantitative estimate of drug-likeness (QED) is 0.829. The van der Waals surface area contributed by atoms with Gasteiger partial charge in [-0.15, -0.1) is 0 Å². The van der Waals surface area contributed by atoms with E-state index in [1.807, 2.05) is 26.0 Å². The van der Waals surface area contributed by atoms with Crippen molar-refractivity contribution in [3.05, 3.63) is 29.8 Å². The fourth-order valence-electron chi connectivity index (χ4n) is 1.27. The lowest BCUT2D eigenvalue weighted by atomic mass is 9.96. The lowest BCUT2D eigenvalue weighted by molar-refractivity contribution is 0.0975. The third-order valence-electron chi connectivity index (χ3n) is 2.60. The second-order valence-electron chi connectivity index (χ2n) is 5.33. The van der Waals surface area contributed by atoms with Crippen molar-refractivity contribution in [2.24, 2.45) is 5.41 Å². The average molecular weight is 222 g/mol. The number of hydrogen-bond donors (Lipinski definition) is 1. The molecule has 0 saturated carbocycles. The number of hydrogen-bond acceptors (Lipinski definition) is 2. The normalized spacial score (nSPS) is 11.9. The fraction of sp³-hybridized carbons (Fsp3) is 0.571. The molecule has 0 fully saturated rings. The van der Waals surface area contributed by atoms with E-state index in [1.54, 1.807) is 0 Å². The number of rotatable bonds is 5. The van der Waals surface area contributed by atoms with Crippen LogP contribution in [0.5, 0.6) is 5.75 Å². The molecule has 0 atom stereocenters. The third kappa shape index (κ3) is 3.86. The first kappa shape index (κ1) is 13.0. The van der Waals surface area contributed by atoms with Crippen molar-refractivity contribution in [3.8, 4) is 5.75 Å². The van der Waals surface area contributed by atoms with Gasteiger partial charge in [-0.3, -0.25) is 0 Å². The van der Waals surface area contributed by atoms with E-state index >= 15 is 0 Å².